The normalized spacial score (nSPS) is 20.5. The molecule has 6 nitrogen and oxygen atoms in total. The topological polar surface area (TPSA) is 54.9 Å². The van der Waals surface area contributed by atoms with E-state index in [0.717, 1.165) is 28.4 Å². The Labute approximate surface area is 182 Å². The minimum Gasteiger partial charge on any atom is -0.497 e. The molecule has 1 saturated heterocycles. The molecule has 2 atom stereocenters. The number of rotatable bonds is 5. The molecule has 0 spiro atoms. The fourth-order valence-electron chi connectivity index (χ4n) is 4.41. The molecule has 0 radical (unpaired) electrons. The van der Waals surface area contributed by atoms with E-state index in [2.05, 4.69) is 9.88 Å². The van der Waals surface area contributed by atoms with Crippen molar-refractivity contribution >= 4 is 11.6 Å². The largest absolute Gasteiger partial charge is 0.497 e. The number of anilines is 1. The zero-order chi connectivity index (χ0) is 21.2. The molecule has 3 heterocycles. The Bertz CT molecular complexity index is 1060. The molecule has 2 aliphatic heterocycles. The first-order valence-electron chi connectivity index (χ1n) is 10.6. The van der Waals surface area contributed by atoms with Crippen LogP contribution < -0.4 is 14.4 Å². The van der Waals surface area contributed by atoms with Gasteiger partial charge in [0.15, 0.2) is 0 Å². The van der Waals surface area contributed by atoms with E-state index in [9.17, 15) is 4.79 Å². The van der Waals surface area contributed by atoms with Crippen molar-refractivity contribution in [3.63, 3.8) is 0 Å². The predicted molar refractivity (Wildman–Crippen MR) is 118 cm³/mol. The number of ether oxygens (including phenoxy) is 2. The average Bonchev–Trinajstić information content (AvgIpc) is 3.21. The third-order valence-electron chi connectivity index (χ3n) is 5.96. The average molecular weight is 415 g/mol. The second kappa shape index (κ2) is 8.40. The first kappa shape index (κ1) is 19.6. The zero-order valence-electron chi connectivity index (χ0n) is 17.5. The number of amides is 1. The highest BCUT2D eigenvalue weighted by atomic mass is 16.5. The first-order chi connectivity index (χ1) is 15.2. The van der Waals surface area contributed by atoms with Crippen molar-refractivity contribution < 1.29 is 14.3 Å². The maximum Gasteiger partial charge on any atom is 0.244 e. The van der Waals surface area contributed by atoms with E-state index in [1.165, 1.54) is 0 Å². The zero-order valence-corrected chi connectivity index (χ0v) is 17.5. The van der Waals surface area contributed by atoms with Crippen LogP contribution in [0.1, 0.15) is 17.7 Å². The number of methoxy groups -OCH3 is 1. The maximum atomic E-state index is 13.8. The summed E-state index contributed by atoms with van der Waals surface area (Å²) in [5.74, 6) is 1.66. The van der Waals surface area contributed by atoms with Gasteiger partial charge in [0, 0.05) is 25.7 Å². The number of pyridine rings is 1. The maximum absolute atomic E-state index is 13.8. The van der Waals surface area contributed by atoms with Crippen LogP contribution in [0.3, 0.4) is 0 Å². The Hall–Kier alpha value is -3.38. The minimum absolute atomic E-state index is 0.0121. The van der Waals surface area contributed by atoms with E-state index in [1.54, 1.807) is 13.3 Å². The smallest absolute Gasteiger partial charge is 0.244 e. The highest BCUT2D eigenvalue weighted by Gasteiger charge is 2.42. The second-order valence-corrected chi connectivity index (χ2v) is 7.98. The molecule has 1 fully saturated rings. The SMILES string of the molecule is COc1ccc(CN2C(=O)[C@@H]3C[C@@H](CN3Cc3ccccn3)Oc3ccccc32)cc1. The van der Waals surface area contributed by atoms with Gasteiger partial charge in [-0.15, -0.1) is 0 Å². The summed E-state index contributed by atoms with van der Waals surface area (Å²) in [5, 5.41) is 0. The molecular formula is C25H25N3O3. The van der Waals surface area contributed by atoms with E-state index >= 15 is 0 Å². The van der Waals surface area contributed by atoms with Crippen molar-refractivity contribution in [1.29, 1.82) is 0 Å². The summed E-state index contributed by atoms with van der Waals surface area (Å²) >= 11 is 0. The van der Waals surface area contributed by atoms with E-state index in [4.69, 9.17) is 9.47 Å². The molecule has 0 unspecified atom stereocenters. The third kappa shape index (κ3) is 3.99. The van der Waals surface area contributed by atoms with Crippen LogP contribution in [0.25, 0.3) is 0 Å². The molecule has 3 aromatic rings. The molecule has 0 aliphatic carbocycles. The van der Waals surface area contributed by atoms with Crippen LogP contribution in [0.15, 0.2) is 72.9 Å². The van der Waals surface area contributed by atoms with Crippen LogP contribution in [0.2, 0.25) is 0 Å². The molecule has 158 valence electrons. The van der Waals surface area contributed by atoms with E-state index in [1.807, 2.05) is 71.6 Å². The quantitative estimate of drug-likeness (QED) is 0.637. The number of carbonyl (C=O) groups excluding carboxylic acids is 1. The van der Waals surface area contributed by atoms with Crippen molar-refractivity contribution in [3.05, 3.63) is 84.2 Å². The van der Waals surface area contributed by atoms with Gasteiger partial charge < -0.3 is 14.4 Å². The van der Waals surface area contributed by atoms with E-state index in [-0.39, 0.29) is 18.1 Å². The standard InChI is InChI=1S/C25H25N3O3/c1-30-20-11-9-18(10-12-20)15-28-22-7-2-3-8-24(22)31-21-14-23(25(28)29)27(17-21)16-19-6-4-5-13-26-19/h2-13,21,23H,14-17H2,1H3/t21-,23-/m0/s1. The lowest BCUT2D eigenvalue weighted by Crippen LogP contribution is -2.45. The highest BCUT2D eigenvalue weighted by molar-refractivity contribution is 5.99. The van der Waals surface area contributed by atoms with Gasteiger partial charge in [-0.3, -0.25) is 14.7 Å². The number of hydrogen-bond acceptors (Lipinski definition) is 5. The Morgan fingerprint density at radius 1 is 1.03 bits per heavy atom. The molecule has 2 aromatic carbocycles. The number of para-hydroxylation sites is 2. The van der Waals surface area contributed by atoms with Gasteiger partial charge in [-0.2, -0.15) is 0 Å². The molecule has 2 aliphatic rings. The molecular weight excluding hydrogens is 390 g/mol. The van der Waals surface area contributed by atoms with Crippen molar-refractivity contribution in [2.24, 2.45) is 0 Å². The van der Waals surface area contributed by atoms with E-state index in [0.29, 0.717) is 26.1 Å². The molecule has 31 heavy (non-hydrogen) atoms. The second-order valence-electron chi connectivity index (χ2n) is 7.98. The summed E-state index contributed by atoms with van der Waals surface area (Å²) in [5.41, 5.74) is 2.81. The van der Waals surface area contributed by atoms with Gasteiger partial charge >= 0.3 is 0 Å². The third-order valence-corrected chi connectivity index (χ3v) is 5.96. The summed E-state index contributed by atoms with van der Waals surface area (Å²) in [6.07, 6.45) is 2.46. The number of benzene rings is 2. The van der Waals surface area contributed by atoms with E-state index < -0.39 is 0 Å². The van der Waals surface area contributed by atoms with Crippen molar-refractivity contribution in [3.8, 4) is 11.5 Å². The van der Waals surface area contributed by atoms with Crippen LogP contribution in [-0.2, 0) is 17.9 Å². The number of hydrogen-bond donors (Lipinski definition) is 0. The lowest BCUT2D eigenvalue weighted by molar-refractivity contribution is -0.123. The van der Waals surface area contributed by atoms with Crippen molar-refractivity contribution in [2.45, 2.75) is 31.7 Å². The molecule has 0 N–H and O–H groups in total. The Balaban J connectivity index is 1.47. The van der Waals surface area contributed by atoms with Gasteiger partial charge in [-0.25, -0.2) is 0 Å². The van der Waals surface area contributed by atoms with Gasteiger partial charge in [0.05, 0.1) is 31.1 Å². The fourth-order valence-corrected chi connectivity index (χ4v) is 4.41. The molecule has 2 bridgehead atoms. The monoisotopic (exact) mass is 415 g/mol. The van der Waals surface area contributed by atoms with Gasteiger partial charge in [-0.05, 0) is 42.0 Å². The Morgan fingerprint density at radius 3 is 2.61 bits per heavy atom. The van der Waals surface area contributed by atoms with Gasteiger partial charge in [0.1, 0.15) is 17.6 Å². The predicted octanol–water partition coefficient (Wildman–Crippen LogP) is 3.66. The van der Waals surface area contributed by atoms with Crippen LogP contribution in [0.5, 0.6) is 11.5 Å². The van der Waals surface area contributed by atoms with Crippen LogP contribution in [0, 0.1) is 0 Å². The Kier molecular flexibility index (Phi) is 5.30. The van der Waals surface area contributed by atoms with Crippen molar-refractivity contribution in [1.82, 2.24) is 9.88 Å². The lowest BCUT2D eigenvalue weighted by Gasteiger charge is -2.32. The van der Waals surface area contributed by atoms with Crippen LogP contribution >= 0.6 is 0 Å². The summed E-state index contributed by atoms with van der Waals surface area (Å²) < 4.78 is 11.6. The lowest BCUT2D eigenvalue weighted by atomic mass is 10.1. The van der Waals surface area contributed by atoms with Gasteiger partial charge in [0.2, 0.25) is 5.91 Å². The minimum atomic E-state index is -0.237. The fraction of sp³-hybridized carbons (Fsp3) is 0.280. The summed E-state index contributed by atoms with van der Waals surface area (Å²) in [7, 11) is 1.65. The van der Waals surface area contributed by atoms with Gasteiger partial charge in [-0.1, -0.05) is 30.3 Å². The number of fused-ring (bicyclic) bond motifs is 3. The highest BCUT2D eigenvalue weighted by Crippen LogP contribution is 2.37. The first-order valence-corrected chi connectivity index (χ1v) is 10.6. The summed E-state index contributed by atoms with van der Waals surface area (Å²) in [6, 6.07) is 21.3. The molecule has 0 saturated carbocycles. The number of aromatic nitrogens is 1. The number of likely N-dealkylation sites (tertiary alicyclic amines) is 1. The summed E-state index contributed by atoms with van der Waals surface area (Å²) in [4.78, 5) is 22.3. The van der Waals surface area contributed by atoms with Gasteiger partial charge in [0.25, 0.3) is 0 Å². The van der Waals surface area contributed by atoms with Crippen molar-refractivity contribution in [2.75, 3.05) is 18.6 Å². The molecule has 1 aromatic heterocycles. The molecule has 5 rings (SSSR count). The number of nitrogens with zero attached hydrogens (tertiary/aromatic N) is 3. The van der Waals surface area contributed by atoms with Crippen LogP contribution in [0.4, 0.5) is 5.69 Å². The number of carbonyl (C=O) groups is 1. The van der Waals surface area contributed by atoms with Crippen LogP contribution in [-0.4, -0.2) is 41.6 Å². The summed E-state index contributed by atoms with van der Waals surface area (Å²) in [6.45, 7) is 1.81. The molecule has 6 heteroatoms. The molecule has 1 amide bonds. The Morgan fingerprint density at radius 2 is 1.84 bits per heavy atom.